The largest absolute Gasteiger partial charge is 0.370 e. The molecule has 1 aromatic rings. The minimum absolute atomic E-state index is 0.0745. The Hall–Kier alpha value is -1.99. The molecule has 0 aromatic carbocycles. The van der Waals surface area contributed by atoms with Crippen LogP contribution in [0.4, 0.5) is 20.5 Å². The number of fused-ring (bicyclic) bond motifs is 3. The molecule has 6 nitrogen and oxygen atoms in total. The van der Waals surface area contributed by atoms with Gasteiger partial charge in [0.15, 0.2) is 0 Å². The zero-order valence-electron chi connectivity index (χ0n) is 15.5. The third kappa shape index (κ3) is 2.59. The Labute approximate surface area is 157 Å². The second-order valence-corrected chi connectivity index (χ2v) is 8.71. The number of aromatic nitrogens is 2. The molecular weight excluding hydrogens is 352 g/mol. The number of piperidine rings is 2. The zero-order valence-corrected chi connectivity index (χ0v) is 15.5. The van der Waals surface area contributed by atoms with Gasteiger partial charge in [-0.05, 0) is 43.9 Å². The van der Waals surface area contributed by atoms with Gasteiger partial charge in [-0.1, -0.05) is 0 Å². The van der Waals surface area contributed by atoms with Gasteiger partial charge in [0.25, 0.3) is 5.92 Å². The number of primary amides is 1. The van der Waals surface area contributed by atoms with Crippen molar-refractivity contribution in [3.05, 3.63) is 11.3 Å². The van der Waals surface area contributed by atoms with Crippen LogP contribution in [0.2, 0.25) is 0 Å². The van der Waals surface area contributed by atoms with Crippen molar-refractivity contribution in [2.24, 2.45) is 23.5 Å². The maximum absolute atomic E-state index is 14.5. The van der Waals surface area contributed by atoms with Crippen LogP contribution >= 0.6 is 0 Å². The van der Waals surface area contributed by atoms with E-state index in [4.69, 9.17) is 10.7 Å². The standard InChI is InChI=1S/C19H25F2N5O/c1-10-3-5-26(10)18-23-16-13(2-4-19(16,20)21)17(24-18)25-8-11-6-12(9-25)14(11)7-15(22)27/h10-12,14H,2-9H2,1H3,(H2,22,27)/t10-,11-,12+,14+/m0/s1. The lowest BCUT2D eigenvalue weighted by molar-refractivity contribution is -0.121. The van der Waals surface area contributed by atoms with E-state index in [1.807, 2.05) is 4.90 Å². The molecule has 1 saturated carbocycles. The monoisotopic (exact) mass is 377 g/mol. The molecule has 146 valence electrons. The van der Waals surface area contributed by atoms with E-state index in [0.717, 1.165) is 32.5 Å². The van der Waals surface area contributed by atoms with Crippen molar-refractivity contribution >= 4 is 17.7 Å². The van der Waals surface area contributed by atoms with Gasteiger partial charge in [0.1, 0.15) is 11.5 Å². The predicted octanol–water partition coefficient (Wildman–Crippen LogP) is 2.06. The van der Waals surface area contributed by atoms with E-state index in [0.29, 0.717) is 54.0 Å². The number of amides is 1. The van der Waals surface area contributed by atoms with E-state index in [-0.39, 0.29) is 18.0 Å². The summed E-state index contributed by atoms with van der Waals surface area (Å²) in [7, 11) is 0. The van der Waals surface area contributed by atoms with Gasteiger partial charge in [0.2, 0.25) is 11.9 Å². The first-order valence-electron chi connectivity index (χ1n) is 9.92. The number of alkyl halides is 2. The highest BCUT2D eigenvalue weighted by Gasteiger charge is 2.50. The molecular formula is C19H25F2N5O. The first-order valence-corrected chi connectivity index (χ1v) is 9.92. The van der Waals surface area contributed by atoms with Crippen LogP contribution in [0.15, 0.2) is 0 Å². The normalized spacial score (nSPS) is 33.3. The van der Waals surface area contributed by atoms with Gasteiger partial charge in [-0.15, -0.1) is 0 Å². The molecule has 2 aliphatic carbocycles. The molecule has 27 heavy (non-hydrogen) atoms. The Morgan fingerprint density at radius 1 is 1.30 bits per heavy atom. The number of carbonyl (C=O) groups is 1. The predicted molar refractivity (Wildman–Crippen MR) is 96.8 cm³/mol. The summed E-state index contributed by atoms with van der Waals surface area (Å²) in [5.41, 5.74) is 5.92. The molecule has 6 rings (SSSR count). The van der Waals surface area contributed by atoms with Crippen molar-refractivity contribution in [3.8, 4) is 0 Å². The first kappa shape index (κ1) is 17.1. The number of hydrogen-bond donors (Lipinski definition) is 1. The van der Waals surface area contributed by atoms with Crippen LogP contribution in [0.3, 0.4) is 0 Å². The van der Waals surface area contributed by atoms with Crippen LogP contribution < -0.4 is 15.5 Å². The minimum atomic E-state index is -2.87. The SMILES string of the molecule is C[C@H]1CCN1c1nc(N2C[C@H]3C[C@@H](C2)[C@H]3CC(N)=O)c2c(n1)C(F)(F)CC2. The third-order valence-electron chi connectivity index (χ3n) is 7.05. The zero-order chi connectivity index (χ0) is 18.9. The van der Waals surface area contributed by atoms with Crippen LogP contribution in [0.25, 0.3) is 0 Å². The molecule has 4 heterocycles. The van der Waals surface area contributed by atoms with Crippen LogP contribution in [-0.4, -0.2) is 41.6 Å². The third-order valence-corrected chi connectivity index (χ3v) is 7.05. The van der Waals surface area contributed by atoms with Crippen LogP contribution in [0, 0.1) is 17.8 Å². The van der Waals surface area contributed by atoms with Crippen molar-refractivity contribution in [1.29, 1.82) is 0 Å². The number of nitrogens with zero attached hydrogens (tertiary/aromatic N) is 4. The summed E-state index contributed by atoms with van der Waals surface area (Å²) in [5.74, 6) is -0.853. The Morgan fingerprint density at radius 3 is 2.63 bits per heavy atom. The molecule has 2 bridgehead atoms. The summed E-state index contributed by atoms with van der Waals surface area (Å²) in [6.45, 7) is 4.41. The average molecular weight is 377 g/mol. The number of rotatable bonds is 4. The van der Waals surface area contributed by atoms with E-state index in [1.165, 1.54) is 0 Å². The van der Waals surface area contributed by atoms with E-state index in [2.05, 4.69) is 16.8 Å². The van der Waals surface area contributed by atoms with Gasteiger partial charge in [0.05, 0.1) is 0 Å². The lowest BCUT2D eigenvalue weighted by Gasteiger charge is -2.54. The quantitative estimate of drug-likeness (QED) is 0.869. The fourth-order valence-electron chi connectivity index (χ4n) is 5.32. The molecule has 3 aliphatic heterocycles. The van der Waals surface area contributed by atoms with Crippen LogP contribution in [0.5, 0.6) is 0 Å². The van der Waals surface area contributed by atoms with E-state index in [1.54, 1.807) is 0 Å². The highest BCUT2D eigenvalue weighted by Crippen LogP contribution is 2.50. The van der Waals surface area contributed by atoms with Crippen LogP contribution in [0.1, 0.15) is 43.9 Å². The second-order valence-electron chi connectivity index (χ2n) is 8.71. The molecule has 8 heteroatoms. The molecule has 0 radical (unpaired) electrons. The summed E-state index contributed by atoms with van der Waals surface area (Å²) in [6, 6.07) is 0.292. The molecule has 2 N–H and O–H groups in total. The minimum Gasteiger partial charge on any atom is -0.370 e. The molecule has 1 aromatic heterocycles. The summed E-state index contributed by atoms with van der Waals surface area (Å²) in [5, 5.41) is 0. The van der Waals surface area contributed by atoms with Gasteiger partial charge in [0, 0.05) is 44.1 Å². The Bertz CT molecular complexity index is 789. The molecule has 4 atom stereocenters. The van der Waals surface area contributed by atoms with E-state index in [9.17, 15) is 13.6 Å². The fourth-order valence-corrected chi connectivity index (χ4v) is 5.32. The topological polar surface area (TPSA) is 75.3 Å². The Kier molecular flexibility index (Phi) is 3.65. The van der Waals surface area contributed by atoms with Crippen molar-refractivity contribution in [3.63, 3.8) is 0 Å². The van der Waals surface area contributed by atoms with Gasteiger partial charge in [-0.25, -0.2) is 4.98 Å². The first-order chi connectivity index (χ1) is 12.8. The van der Waals surface area contributed by atoms with Crippen molar-refractivity contribution in [2.75, 3.05) is 29.4 Å². The summed E-state index contributed by atoms with van der Waals surface area (Å²) in [4.78, 5) is 24.5. The fraction of sp³-hybridized carbons (Fsp3) is 0.737. The number of carbonyl (C=O) groups excluding carboxylic acids is 1. The van der Waals surface area contributed by atoms with Gasteiger partial charge in [-0.3, -0.25) is 4.79 Å². The summed E-state index contributed by atoms with van der Waals surface area (Å²) >= 11 is 0. The van der Waals surface area contributed by atoms with Gasteiger partial charge in [-0.2, -0.15) is 13.8 Å². The van der Waals surface area contributed by atoms with Gasteiger partial charge < -0.3 is 15.5 Å². The Balaban J connectivity index is 1.47. The smallest absolute Gasteiger partial charge is 0.290 e. The lowest BCUT2D eigenvalue weighted by atomic mass is 9.60. The maximum atomic E-state index is 14.5. The maximum Gasteiger partial charge on any atom is 0.290 e. The van der Waals surface area contributed by atoms with Crippen molar-refractivity contribution in [1.82, 2.24) is 9.97 Å². The van der Waals surface area contributed by atoms with E-state index < -0.39 is 5.92 Å². The van der Waals surface area contributed by atoms with Crippen molar-refractivity contribution in [2.45, 2.75) is 51.0 Å². The van der Waals surface area contributed by atoms with Crippen molar-refractivity contribution < 1.29 is 13.6 Å². The highest BCUT2D eigenvalue weighted by molar-refractivity contribution is 5.74. The lowest BCUT2D eigenvalue weighted by Crippen LogP contribution is -2.56. The number of hydrogen-bond acceptors (Lipinski definition) is 5. The molecule has 3 saturated heterocycles. The molecule has 0 unspecified atom stereocenters. The molecule has 4 fully saturated rings. The number of halogens is 2. The second kappa shape index (κ2) is 5.75. The molecule has 1 amide bonds. The number of anilines is 2. The number of nitrogens with two attached hydrogens (primary N) is 1. The average Bonchev–Trinajstić information content (AvgIpc) is 2.93. The van der Waals surface area contributed by atoms with Gasteiger partial charge >= 0.3 is 0 Å². The van der Waals surface area contributed by atoms with Crippen LogP contribution in [-0.2, 0) is 17.1 Å². The van der Waals surface area contributed by atoms with E-state index >= 15 is 0 Å². The molecule has 0 spiro atoms. The molecule has 5 aliphatic rings. The Morgan fingerprint density at radius 2 is 2.04 bits per heavy atom. The highest BCUT2D eigenvalue weighted by atomic mass is 19.3. The summed E-state index contributed by atoms with van der Waals surface area (Å²) < 4.78 is 28.9. The summed E-state index contributed by atoms with van der Waals surface area (Å²) in [6.07, 6.45) is 2.69.